The fourth-order valence-electron chi connectivity index (χ4n) is 2.55. The summed E-state index contributed by atoms with van der Waals surface area (Å²) in [5.41, 5.74) is 2.29. The van der Waals surface area contributed by atoms with Gasteiger partial charge in [-0.15, -0.1) is 0 Å². The zero-order valence-electron chi connectivity index (χ0n) is 10.7. The predicted molar refractivity (Wildman–Crippen MR) is 69.5 cm³/mol. The predicted octanol–water partition coefficient (Wildman–Crippen LogP) is 2.73. The van der Waals surface area contributed by atoms with Crippen molar-refractivity contribution in [1.82, 2.24) is 5.32 Å². The second-order valence-electron chi connectivity index (χ2n) is 5.32. The van der Waals surface area contributed by atoms with Crippen LogP contribution in [0.2, 0.25) is 0 Å². The van der Waals surface area contributed by atoms with Gasteiger partial charge in [-0.25, -0.2) is 0 Å². The molecule has 3 nitrogen and oxygen atoms in total. The van der Waals surface area contributed by atoms with Gasteiger partial charge in [0.25, 0.3) is 0 Å². The van der Waals surface area contributed by atoms with E-state index in [2.05, 4.69) is 24.4 Å². The SMILES string of the molecule is Cc1cccc2c1OCCCC2NC(=O)C1CC1. The number of rotatable bonds is 2. The third kappa shape index (κ3) is 2.22. The lowest BCUT2D eigenvalue weighted by molar-refractivity contribution is -0.123. The molecular weight excluding hydrogens is 226 g/mol. The van der Waals surface area contributed by atoms with Crippen LogP contribution in [0.15, 0.2) is 18.2 Å². The minimum atomic E-state index is 0.121. The molecule has 0 saturated heterocycles. The average Bonchev–Trinajstić information content (AvgIpc) is 3.17. The molecule has 1 N–H and O–H groups in total. The molecule has 1 saturated carbocycles. The van der Waals surface area contributed by atoms with E-state index in [0.29, 0.717) is 0 Å². The van der Waals surface area contributed by atoms with E-state index < -0.39 is 0 Å². The van der Waals surface area contributed by atoms with Gasteiger partial charge in [-0.05, 0) is 38.2 Å². The molecular formula is C15H19NO2. The van der Waals surface area contributed by atoms with Gasteiger partial charge in [-0.1, -0.05) is 18.2 Å². The summed E-state index contributed by atoms with van der Waals surface area (Å²) in [4.78, 5) is 11.9. The van der Waals surface area contributed by atoms with Crippen LogP contribution in [-0.2, 0) is 4.79 Å². The minimum absolute atomic E-state index is 0.121. The Balaban J connectivity index is 1.86. The monoisotopic (exact) mass is 245 g/mol. The van der Waals surface area contributed by atoms with Crippen LogP contribution in [0.25, 0.3) is 0 Å². The number of para-hydroxylation sites is 1. The molecule has 1 aliphatic carbocycles. The van der Waals surface area contributed by atoms with Gasteiger partial charge in [-0.2, -0.15) is 0 Å². The molecule has 1 amide bonds. The summed E-state index contributed by atoms with van der Waals surface area (Å²) in [6, 6.07) is 6.30. The molecule has 0 spiro atoms. The summed E-state index contributed by atoms with van der Waals surface area (Å²) in [7, 11) is 0. The Morgan fingerprint density at radius 3 is 2.94 bits per heavy atom. The smallest absolute Gasteiger partial charge is 0.223 e. The van der Waals surface area contributed by atoms with Crippen molar-refractivity contribution in [2.45, 2.75) is 38.6 Å². The highest BCUT2D eigenvalue weighted by Crippen LogP contribution is 2.35. The fraction of sp³-hybridized carbons (Fsp3) is 0.533. The summed E-state index contributed by atoms with van der Waals surface area (Å²) in [6.45, 7) is 2.80. The normalized spacial score (nSPS) is 22.6. The summed E-state index contributed by atoms with van der Waals surface area (Å²) >= 11 is 0. The van der Waals surface area contributed by atoms with Gasteiger partial charge in [-0.3, -0.25) is 4.79 Å². The highest BCUT2D eigenvalue weighted by molar-refractivity contribution is 5.81. The molecule has 2 aliphatic rings. The van der Waals surface area contributed by atoms with Crippen molar-refractivity contribution in [3.63, 3.8) is 0 Å². The molecule has 1 aromatic carbocycles. The van der Waals surface area contributed by atoms with Gasteiger partial charge in [0, 0.05) is 11.5 Å². The van der Waals surface area contributed by atoms with E-state index in [0.717, 1.165) is 49.2 Å². The number of amides is 1. The molecule has 1 atom stereocenters. The lowest BCUT2D eigenvalue weighted by Gasteiger charge is -2.19. The van der Waals surface area contributed by atoms with E-state index in [9.17, 15) is 4.79 Å². The summed E-state index contributed by atoms with van der Waals surface area (Å²) < 4.78 is 5.82. The van der Waals surface area contributed by atoms with E-state index in [1.807, 2.05) is 6.07 Å². The lowest BCUT2D eigenvalue weighted by Crippen LogP contribution is -2.29. The van der Waals surface area contributed by atoms with E-state index in [1.165, 1.54) is 0 Å². The van der Waals surface area contributed by atoms with Crippen LogP contribution in [0, 0.1) is 12.8 Å². The van der Waals surface area contributed by atoms with Crippen molar-refractivity contribution < 1.29 is 9.53 Å². The van der Waals surface area contributed by atoms with Crippen LogP contribution in [0.4, 0.5) is 0 Å². The van der Waals surface area contributed by atoms with E-state index in [1.54, 1.807) is 0 Å². The number of hydrogen-bond acceptors (Lipinski definition) is 2. The standard InChI is InChI=1S/C15H19NO2/c1-10-4-2-5-12-13(6-3-9-18-14(10)12)16-15(17)11-7-8-11/h2,4-5,11,13H,3,6-9H2,1H3,(H,16,17). The summed E-state index contributed by atoms with van der Waals surface area (Å²) in [6.07, 6.45) is 4.06. The number of carbonyl (C=O) groups is 1. The first-order valence-electron chi connectivity index (χ1n) is 6.78. The Kier molecular flexibility index (Phi) is 2.98. The fourth-order valence-corrected chi connectivity index (χ4v) is 2.55. The molecule has 3 rings (SSSR count). The molecule has 1 aromatic rings. The Morgan fingerprint density at radius 1 is 1.33 bits per heavy atom. The summed E-state index contributed by atoms with van der Waals surface area (Å²) in [5, 5.41) is 3.19. The molecule has 96 valence electrons. The van der Waals surface area contributed by atoms with Gasteiger partial charge >= 0.3 is 0 Å². The molecule has 0 radical (unpaired) electrons. The number of benzene rings is 1. The zero-order valence-corrected chi connectivity index (χ0v) is 10.7. The van der Waals surface area contributed by atoms with E-state index in [-0.39, 0.29) is 17.9 Å². The third-order valence-electron chi connectivity index (χ3n) is 3.77. The molecule has 3 heteroatoms. The van der Waals surface area contributed by atoms with Gasteiger partial charge in [0.05, 0.1) is 12.6 Å². The van der Waals surface area contributed by atoms with Crippen LogP contribution in [-0.4, -0.2) is 12.5 Å². The molecule has 0 aromatic heterocycles. The zero-order chi connectivity index (χ0) is 12.5. The van der Waals surface area contributed by atoms with Gasteiger partial charge in [0.2, 0.25) is 5.91 Å². The van der Waals surface area contributed by atoms with Crippen molar-refractivity contribution in [2.75, 3.05) is 6.61 Å². The van der Waals surface area contributed by atoms with Crippen molar-refractivity contribution in [2.24, 2.45) is 5.92 Å². The summed E-state index contributed by atoms with van der Waals surface area (Å²) in [5.74, 6) is 1.45. The third-order valence-corrected chi connectivity index (χ3v) is 3.77. The van der Waals surface area contributed by atoms with Crippen LogP contribution >= 0.6 is 0 Å². The average molecular weight is 245 g/mol. The number of ether oxygens (including phenoxy) is 1. The highest BCUT2D eigenvalue weighted by atomic mass is 16.5. The topological polar surface area (TPSA) is 38.3 Å². The first kappa shape index (κ1) is 11.6. The van der Waals surface area contributed by atoms with Gasteiger partial charge in [0.1, 0.15) is 5.75 Å². The molecule has 1 aliphatic heterocycles. The Bertz CT molecular complexity index is 466. The number of aryl methyl sites for hydroxylation is 1. The maximum absolute atomic E-state index is 11.9. The van der Waals surface area contributed by atoms with Crippen LogP contribution < -0.4 is 10.1 Å². The number of hydrogen-bond donors (Lipinski definition) is 1. The highest BCUT2D eigenvalue weighted by Gasteiger charge is 2.32. The number of carbonyl (C=O) groups excluding carboxylic acids is 1. The first-order valence-corrected chi connectivity index (χ1v) is 6.78. The van der Waals surface area contributed by atoms with Crippen molar-refractivity contribution in [3.8, 4) is 5.75 Å². The van der Waals surface area contributed by atoms with E-state index in [4.69, 9.17) is 4.74 Å². The van der Waals surface area contributed by atoms with Crippen LogP contribution in [0.1, 0.15) is 42.9 Å². The largest absolute Gasteiger partial charge is 0.493 e. The van der Waals surface area contributed by atoms with Crippen molar-refractivity contribution in [1.29, 1.82) is 0 Å². The quantitative estimate of drug-likeness (QED) is 0.870. The first-order chi connectivity index (χ1) is 8.75. The van der Waals surface area contributed by atoms with Crippen LogP contribution in [0.5, 0.6) is 5.75 Å². The molecule has 18 heavy (non-hydrogen) atoms. The van der Waals surface area contributed by atoms with Crippen molar-refractivity contribution in [3.05, 3.63) is 29.3 Å². The molecule has 1 unspecified atom stereocenters. The molecule has 1 heterocycles. The maximum Gasteiger partial charge on any atom is 0.223 e. The van der Waals surface area contributed by atoms with Crippen LogP contribution in [0.3, 0.4) is 0 Å². The Morgan fingerprint density at radius 2 is 2.17 bits per heavy atom. The van der Waals surface area contributed by atoms with E-state index >= 15 is 0 Å². The Hall–Kier alpha value is -1.51. The minimum Gasteiger partial charge on any atom is -0.493 e. The van der Waals surface area contributed by atoms with Crippen molar-refractivity contribution >= 4 is 5.91 Å². The number of fused-ring (bicyclic) bond motifs is 1. The lowest BCUT2D eigenvalue weighted by atomic mass is 9.99. The van der Waals surface area contributed by atoms with Gasteiger partial charge < -0.3 is 10.1 Å². The van der Waals surface area contributed by atoms with Gasteiger partial charge in [0.15, 0.2) is 0 Å². The molecule has 0 bridgehead atoms. The second-order valence-corrected chi connectivity index (χ2v) is 5.32. The second kappa shape index (κ2) is 4.63. The molecule has 1 fully saturated rings. The number of nitrogens with one attached hydrogen (secondary N) is 1. The Labute approximate surface area is 108 Å². The maximum atomic E-state index is 11.9.